The lowest BCUT2D eigenvalue weighted by Gasteiger charge is -2.11. The highest BCUT2D eigenvalue weighted by Gasteiger charge is 2.23. The Balaban J connectivity index is 2.35. The molecule has 2 amide bonds. The summed E-state index contributed by atoms with van der Waals surface area (Å²) in [5, 5.41) is 8.69. The number of rotatable bonds is 1. The van der Waals surface area contributed by atoms with Crippen molar-refractivity contribution >= 4 is 6.03 Å². The molecule has 0 bridgehead atoms. The van der Waals surface area contributed by atoms with Gasteiger partial charge in [0.1, 0.15) is 0 Å². The number of amides is 2. The number of aliphatic hydroxyl groups excluding tert-OH is 1. The molecular formula is C6H12N2O2. The topological polar surface area (TPSA) is 66.6 Å². The van der Waals surface area contributed by atoms with Crippen LogP contribution < -0.4 is 5.73 Å². The van der Waals surface area contributed by atoms with Crippen LogP contribution in [0, 0.1) is 5.92 Å². The van der Waals surface area contributed by atoms with Crippen LogP contribution in [0.15, 0.2) is 0 Å². The average molecular weight is 144 g/mol. The highest BCUT2D eigenvalue weighted by molar-refractivity contribution is 5.72. The number of hydrogen-bond donors (Lipinski definition) is 2. The van der Waals surface area contributed by atoms with Crippen molar-refractivity contribution in [1.82, 2.24) is 4.90 Å². The lowest BCUT2D eigenvalue weighted by atomic mass is 10.1. The normalized spacial score (nSPS) is 25.3. The Hall–Kier alpha value is -0.770. The third-order valence-corrected chi connectivity index (χ3v) is 1.86. The van der Waals surface area contributed by atoms with Gasteiger partial charge in [-0.25, -0.2) is 4.79 Å². The first kappa shape index (κ1) is 7.34. The molecule has 0 aromatic rings. The number of primary amides is 1. The highest BCUT2D eigenvalue weighted by Crippen LogP contribution is 2.14. The number of hydrogen-bond acceptors (Lipinski definition) is 2. The molecule has 0 saturated carbocycles. The fourth-order valence-corrected chi connectivity index (χ4v) is 1.18. The van der Waals surface area contributed by atoms with E-state index < -0.39 is 0 Å². The van der Waals surface area contributed by atoms with Crippen molar-refractivity contribution in [3.63, 3.8) is 0 Å². The Labute approximate surface area is 59.6 Å². The van der Waals surface area contributed by atoms with E-state index in [0.29, 0.717) is 13.1 Å². The van der Waals surface area contributed by atoms with Gasteiger partial charge in [-0.3, -0.25) is 0 Å². The Bertz CT molecular complexity index is 138. The van der Waals surface area contributed by atoms with E-state index in [0.717, 1.165) is 6.42 Å². The molecule has 4 heteroatoms. The molecule has 1 aliphatic rings. The number of carbonyl (C=O) groups is 1. The van der Waals surface area contributed by atoms with Crippen molar-refractivity contribution in [3.05, 3.63) is 0 Å². The smallest absolute Gasteiger partial charge is 0.314 e. The van der Waals surface area contributed by atoms with E-state index in [4.69, 9.17) is 10.8 Å². The zero-order valence-electron chi connectivity index (χ0n) is 5.79. The van der Waals surface area contributed by atoms with E-state index >= 15 is 0 Å². The van der Waals surface area contributed by atoms with Gasteiger partial charge < -0.3 is 15.7 Å². The Morgan fingerprint density at radius 2 is 2.50 bits per heavy atom. The Kier molecular flexibility index (Phi) is 2.11. The molecule has 1 fully saturated rings. The summed E-state index contributed by atoms with van der Waals surface area (Å²) in [7, 11) is 0. The maximum absolute atomic E-state index is 10.5. The van der Waals surface area contributed by atoms with Crippen molar-refractivity contribution in [2.75, 3.05) is 19.7 Å². The Morgan fingerprint density at radius 1 is 1.80 bits per heavy atom. The van der Waals surface area contributed by atoms with Crippen LogP contribution in [0.2, 0.25) is 0 Å². The number of nitrogens with zero attached hydrogens (tertiary/aromatic N) is 1. The molecule has 10 heavy (non-hydrogen) atoms. The second-order valence-corrected chi connectivity index (χ2v) is 2.62. The summed E-state index contributed by atoms with van der Waals surface area (Å²) in [5.41, 5.74) is 5.02. The molecular weight excluding hydrogens is 132 g/mol. The van der Waals surface area contributed by atoms with Gasteiger partial charge >= 0.3 is 6.03 Å². The first-order chi connectivity index (χ1) is 4.74. The minimum absolute atomic E-state index is 0.157. The van der Waals surface area contributed by atoms with Gasteiger partial charge in [-0.05, 0) is 6.42 Å². The fourth-order valence-electron chi connectivity index (χ4n) is 1.18. The van der Waals surface area contributed by atoms with Gasteiger partial charge in [-0.15, -0.1) is 0 Å². The molecule has 4 nitrogen and oxygen atoms in total. The van der Waals surface area contributed by atoms with E-state index in [1.807, 2.05) is 0 Å². The van der Waals surface area contributed by atoms with Crippen molar-refractivity contribution in [1.29, 1.82) is 0 Å². The maximum atomic E-state index is 10.5. The highest BCUT2D eigenvalue weighted by atomic mass is 16.3. The molecule has 1 aliphatic heterocycles. The quantitative estimate of drug-likeness (QED) is 0.515. The van der Waals surface area contributed by atoms with Crippen LogP contribution in [0.25, 0.3) is 0 Å². The van der Waals surface area contributed by atoms with Crippen LogP contribution in [0.1, 0.15) is 6.42 Å². The summed E-state index contributed by atoms with van der Waals surface area (Å²) in [5.74, 6) is 0.243. The standard InChI is InChI=1S/C6H12N2O2/c7-6(10)8-2-1-5(3-8)4-9/h5,9H,1-4H2,(H2,7,10). The number of nitrogens with two attached hydrogens (primary N) is 1. The first-order valence-corrected chi connectivity index (χ1v) is 3.39. The molecule has 0 aromatic carbocycles. The maximum Gasteiger partial charge on any atom is 0.314 e. The SMILES string of the molecule is NC(=O)N1CCC(CO)C1. The lowest BCUT2D eigenvalue weighted by molar-refractivity contribution is 0.206. The molecule has 3 N–H and O–H groups in total. The lowest BCUT2D eigenvalue weighted by Crippen LogP contribution is -2.33. The molecule has 0 aromatic heterocycles. The zero-order valence-corrected chi connectivity index (χ0v) is 5.79. The number of urea groups is 1. The third kappa shape index (κ3) is 1.39. The summed E-state index contributed by atoms with van der Waals surface area (Å²) in [6.07, 6.45) is 0.874. The average Bonchev–Trinajstić information content (AvgIpc) is 2.34. The van der Waals surface area contributed by atoms with Crippen LogP contribution in [-0.4, -0.2) is 35.7 Å². The van der Waals surface area contributed by atoms with Gasteiger partial charge in [-0.1, -0.05) is 0 Å². The number of aliphatic hydroxyl groups is 1. The van der Waals surface area contributed by atoms with Crippen molar-refractivity contribution < 1.29 is 9.90 Å². The minimum atomic E-state index is -0.379. The van der Waals surface area contributed by atoms with E-state index in [1.54, 1.807) is 4.90 Å². The molecule has 1 atom stereocenters. The van der Waals surface area contributed by atoms with E-state index in [1.165, 1.54) is 0 Å². The van der Waals surface area contributed by atoms with E-state index in [9.17, 15) is 4.79 Å². The summed E-state index contributed by atoms with van der Waals surface area (Å²) >= 11 is 0. The van der Waals surface area contributed by atoms with E-state index in [-0.39, 0.29) is 18.6 Å². The minimum Gasteiger partial charge on any atom is -0.396 e. The molecule has 0 spiro atoms. The molecule has 58 valence electrons. The number of likely N-dealkylation sites (tertiary alicyclic amines) is 1. The van der Waals surface area contributed by atoms with Gasteiger partial charge in [0.15, 0.2) is 0 Å². The molecule has 0 aliphatic carbocycles. The second-order valence-electron chi connectivity index (χ2n) is 2.62. The van der Waals surface area contributed by atoms with Crippen LogP contribution in [0.3, 0.4) is 0 Å². The number of carbonyl (C=O) groups excluding carboxylic acids is 1. The summed E-state index contributed by atoms with van der Waals surface area (Å²) in [6, 6.07) is -0.379. The van der Waals surface area contributed by atoms with Gasteiger partial charge in [0.2, 0.25) is 0 Å². The zero-order chi connectivity index (χ0) is 7.56. The van der Waals surface area contributed by atoms with Crippen molar-refractivity contribution in [3.8, 4) is 0 Å². The monoisotopic (exact) mass is 144 g/mol. The molecule has 0 radical (unpaired) electrons. The fraction of sp³-hybridized carbons (Fsp3) is 0.833. The predicted octanol–water partition coefficient (Wildman–Crippen LogP) is -0.621. The van der Waals surface area contributed by atoms with Gasteiger partial charge in [-0.2, -0.15) is 0 Å². The molecule has 1 rings (SSSR count). The van der Waals surface area contributed by atoms with Crippen LogP contribution in [-0.2, 0) is 0 Å². The largest absolute Gasteiger partial charge is 0.396 e. The van der Waals surface area contributed by atoms with Gasteiger partial charge in [0.25, 0.3) is 0 Å². The van der Waals surface area contributed by atoms with Gasteiger partial charge in [0, 0.05) is 25.6 Å². The summed E-state index contributed by atoms with van der Waals surface area (Å²) in [4.78, 5) is 12.1. The molecule has 1 heterocycles. The first-order valence-electron chi connectivity index (χ1n) is 3.39. The Morgan fingerprint density at radius 3 is 2.80 bits per heavy atom. The molecule has 1 saturated heterocycles. The van der Waals surface area contributed by atoms with Gasteiger partial charge in [0.05, 0.1) is 0 Å². The third-order valence-electron chi connectivity index (χ3n) is 1.86. The van der Waals surface area contributed by atoms with Crippen LogP contribution in [0.4, 0.5) is 4.79 Å². The van der Waals surface area contributed by atoms with Crippen LogP contribution in [0.5, 0.6) is 0 Å². The second kappa shape index (κ2) is 2.88. The predicted molar refractivity (Wildman–Crippen MR) is 36.3 cm³/mol. The summed E-state index contributed by atoms with van der Waals surface area (Å²) in [6.45, 7) is 1.47. The van der Waals surface area contributed by atoms with Crippen LogP contribution >= 0.6 is 0 Å². The molecule has 1 unspecified atom stereocenters. The summed E-state index contributed by atoms with van der Waals surface area (Å²) < 4.78 is 0. The van der Waals surface area contributed by atoms with Crippen molar-refractivity contribution in [2.24, 2.45) is 11.7 Å². The van der Waals surface area contributed by atoms with E-state index in [2.05, 4.69) is 0 Å². The van der Waals surface area contributed by atoms with Crippen molar-refractivity contribution in [2.45, 2.75) is 6.42 Å².